The zero-order valence-corrected chi connectivity index (χ0v) is 7.62. The number of rotatable bonds is 6. The zero-order valence-electron chi connectivity index (χ0n) is 6.86. The van der Waals surface area contributed by atoms with E-state index in [0.29, 0.717) is 5.88 Å². The molecule has 0 unspecified atom stereocenters. The maximum absolute atomic E-state index is 5.47. The highest BCUT2D eigenvalue weighted by Crippen LogP contribution is 1.80. The monoisotopic (exact) mass is 164 g/mol. The third kappa shape index (κ3) is 8.21. The lowest BCUT2D eigenvalue weighted by Crippen LogP contribution is -2.22. The molecule has 2 nitrogen and oxygen atoms in total. The molecule has 0 rings (SSSR count). The number of nitrogens with zero attached hydrogens (tertiary/aromatic N) is 1. The molecule has 0 aromatic heterocycles. The van der Waals surface area contributed by atoms with Crippen LogP contribution >= 0.6 is 11.6 Å². The molecule has 0 aromatic carbocycles. The first-order valence-corrected chi connectivity index (χ1v) is 4.22. The summed E-state index contributed by atoms with van der Waals surface area (Å²) in [6.45, 7) is 3.15. The third-order valence-corrected chi connectivity index (χ3v) is 1.42. The molecule has 0 saturated heterocycles. The number of halogens is 1. The molecule has 0 radical (unpaired) electrons. The van der Waals surface area contributed by atoms with E-state index in [4.69, 9.17) is 11.6 Å². The number of hydrogen-bond donors (Lipinski definition) is 1. The fourth-order valence-electron chi connectivity index (χ4n) is 0.712. The van der Waals surface area contributed by atoms with Gasteiger partial charge in [0, 0.05) is 12.4 Å². The Labute approximate surface area is 68.5 Å². The summed E-state index contributed by atoms with van der Waals surface area (Å²) in [5.41, 5.74) is 0. The van der Waals surface area contributed by atoms with Crippen LogP contribution in [-0.4, -0.2) is 44.5 Å². The second-order valence-electron chi connectivity index (χ2n) is 2.60. The van der Waals surface area contributed by atoms with Gasteiger partial charge in [0.15, 0.2) is 0 Å². The third-order valence-electron chi connectivity index (χ3n) is 1.23. The molecule has 10 heavy (non-hydrogen) atoms. The molecule has 0 amide bonds. The summed E-state index contributed by atoms with van der Waals surface area (Å²) in [4.78, 5) is 2.18. The Bertz CT molecular complexity index is 66.6. The van der Waals surface area contributed by atoms with Gasteiger partial charge in [-0.1, -0.05) is 0 Å². The second-order valence-corrected chi connectivity index (χ2v) is 2.97. The Hall–Kier alpha value is 0.210. The van der Waals surface area contributed by atoms with Crippen LogP contribution in [0.3, 0.4) is 0 Å². The molecule has 3 heteroatoms. The van der Waals surface area contributed by atoms with Crippen molar-refractivity contribution in [2.75, 3.05) is 39.6 Å². The van der Waals surface area contributed by atoms with Gasteiger partial charge in [-0.2, -0.15) is 0 Å². The molecule has 0 spiro atoms. The molecule has 62 valence electrons. The molecule has 0 aliphatic heterocycles. The van der Waals surface area contributed by atoms with E-state index in [9.17, 15) is 0 Å². The molecule has 0 aliphatic rings. The van der Waals surface area contributed by atoms with Gasteiger partial charge in [-0.25, -0.2) is 0 Å². The zero-order chi connectivity index (χ0) is 7.82. The van der Waals surface area contributed by atoms with Crippen LogP contribution in [0.1, 0.15) is 6.42 Å². The molecule has 0 aliphatic carbocycles. The summed E-state index contributed by atoms with van der Waals surface area (Å²) in [6.07, 6.45) is 1.20. The van der Waals surface area contributed by atoms with Crippen LogP contribution in [0.2, 0.25) is 0 Å². The average Bonchev–Trinajstić information content (AvgIpc) is 1.87. The minimum atomic E-state index is 0.710. The van der Waals surface area contributed by atoms with Crippen LogP contribution in [0.25, 0.3) is 0 Å². The van der Waals surface area contributed by atoms with E-state index < -0.39 is 0 Å². The lowest BCUT2D eigenvalue weighted by atomic mass is 10.4. The van der Waals surface area contributed by atoms with Crippen molar-refractivity contribution in [2.24, 2.45) is 0 Å². The van der Waals surface area contributed by atoms with Crippen LogP contribution in [0, 0.1) is 0 Å². The maximum atomic E-state index is 5.47. The van der Waals surface area contributed by atoms with E-state index in [1.165, 1.54) is 6.42 Å². The Morgan fingerprint density at radius 3 is 2.50 bits per heavy atom. The van der Waals surface area contributed by atoms with E-state index in [1.54, 1.807) is 0 Å². The molecule has 0 fully saturated rings. The Kier molecular flexibility index (Phi) is 7.47. The van der Waals surface area contributed by atoms with E-state index in [2.05, 4.69) is 24.3 Å². The predicted molar refractivity (Wildman–Crippen MR) is 46.8 cm³/mol. The van der Waals surface area contributed by atoms with Crippen LogP contribution in [0.4, 0.5) is 0 Å². The van der Waals surface area contributed by atoms with Crippen LogP contribution in [0.5, 0.6) is 0 Å². The SMILES string of the molecule is CN(C)CCCNCCCl. The van der Waals surface area contributed by atoms with Gasteiger partial charge in [-0.3, -0.25) is 0 Å². The van der Waals surface area contributed by atoms with Crippen LogP contribution in [0.15, 0.2) is 0 Å². The minimum absolute atomic E-state index is 0.710. The van der Waals surface area contributed by atoms with Crippen molar-refractivity contribution >= 4 is 11.6 Å². The average molecular weight is 165 g/mol. The van der Waals surface area contributed by atoms with Crippen molar-refractivity contribution in [1.82, 2.24) is 10.2 Å². The van der Waals surface area contributed by atoms with E-state index in [1.807, 2.05) is 0 Å². The fourth-order valence-corrected chi connectivity index (χ4v) is 0.846. The van der Waals surface area contributed by atoms with Gasteiger partial charge in [0.2, 0.25) is 0 Å². The summed E-state index contributed by atoms with van der Waals surface area (Å²) < 4.78 is 0. The maximum Gasteiger partial charge on any atom is 0.0348 e. The van der Waals surface area contributed by atoms with Gasteiger partial charge in [-0.05, 0) is 33.6 Å². The van der Waals surface area contributed by atoms with E-state index >= 15 is 0 Å². The minimum Gasteiger partial charge on any atom is -0.315 e. The Morgan fingerprint density at radius 1 is 1.30 bits per heavy atom. The summed E-state index contributed by atoms with van der Waals surface area (Å²) in [5.74, 6) is 0.710. The summed E-state index contributed by atoms with van der Waals surface area (Å²) in [6, 6.07) is 0. The first-order chi connectivity index (χ1) is 4.77. The van der Waals surface area contributed by atoms with Gasteiger partial charge >= 0.3 is 0 Å². The van der Waals surface area contributed by atoms with E-state index in [-0.39, 0.29) is 0 Å². The normalized spacial score (nSPS) is 10.8. The molecule has 0 heterocycles. The number of nitrogens with one attached hydrogen (secondary N) is 1. The van der Waals surface area contributed by atoms with Gasteiger partial charge in [0.05, 0.1) is 0 Å². The molecule has 1 N–H and O–H groups in total. The molecular weight excluding hydrogens is 148 g/mol. The quantitative estimate of drug-likeness (QED) is 0.461. The summed E-state index contributed by atoms with van der Waals surface area (Å²) >= 11 is 5.47. The Balaban J connectivity index is 2.77. The van der Waals surface area contributed by atoms with Crippen molar-refractivity contribution in [3.63, 3.8) is 0 Å². The molecular formula is C7H17ClN2. The van der Waals surface area contributed by atoms with Crippen molar-refractivity contribution in [2.45, 2.75) is 6.42 Å². The van der Waals surface area contributed by atoms with Crippen molar-refractivity contribution in [3.05, 3.63) is 0 Å². The van der Waals surface area contributed by atoms with Crippen molar-refractivity contribution in [1.29, 1.82) is 0 Å². The lowest BCUT2D eigenvalue weighted by molar-refractivity contribution is 0.395. The highest BCUT2D eigenvalue weighted by molar-refractivity contribution is 6.18. The van der Waals surface area contributed by atoms with Crippen molar-refractivity contribution in [3.8, 4) is 0 Å². The first kappa shape index (κ1) is 10.2. The predicted octanol–water partition coefficient (Wildman–Crippen LogP) is 0.766. The molecule has 0 bridgehead atoms. The first-order valence-electron chi connectivity index (χ1n) is 3.69. The number of alkyl halides is 1. The molecule has 0 atom stereocenters. The summed E-state index contributed by atoms with van der Waals surface area (Å²) in [5, 5.41) is 3.23. The van der Waals surface area contributed by atoms with Gasteiger partial charge in [0.1, 0.15) is 0 Å². The smallest absolute Gasteiger partial charge is 0.0348 e. The van der Waals surface area contributed by atoms with Gasteiger partial charge in [-0.15, -0.1) is 11.6 Å². The van der Waals surface area contributed by atoms with Crippen LogP contribution in [-0.2, 0) is 0 Å². The molecule has 0 aromatic rings. The highest BCUT2D eigenvalue weighted by Gasteiger charge is 1.88. The second kappa shape index (κ2) is 7.32. The van der Waals surface area contributed by atoms with E-state index in [0.717, 1.165) is 19.6 Å². The molecule has 0 saturated carbocycles. The lowest BCUT2D eigenvalue weighted by Gasteiger charge is -2.08. The number of hydrogen-bond acceptors (Lipinski definition) is 2. The van der Waals surface area contributed by atoms with Gasteiger partial charge in [0.25, 0.3) is 0 Å². The topological polar surface area (TPSA) is 15.3 Å². The van der Waals surface area contributed by atoms with Crippen molar-refractivity contribution < 1.29 is 0 Å². The standard InChI is InChI=1S/C7H17ClN2/c1-10(2)7-3-5-9-6-4-8/h9H,3-7H2,1-2H3. The highest BCUT2D eigenvalue weighted by atomic mass is 35.5. The van der Waals surface area contributed by atoms with Crippen LogP contribution < -0.4 is 5.32 Å². The van der Waals surface area contributed by atoms with Gasteiger partial charge < -0.3 is 10.2 Å². The summed E-state index contributed by atoms with van der Waals surface area (Å²) in [7, 11) is 4.17. The fraction of sp³-hybridized carbons (Fsp3) is 1.00. The Morgan fingerprint density at radius 2 is 2.00 bits per heavy atom. The largest absolute Gasteiger partial charge is 0.315 e.